The molecule has 0 spiro atoms. The second-order valence-electron chi connectivity index (χ2n) is 5.40. The zero-order valence-electron chi connectivity index (χ0n) is 11.2. The maximum atomic E-state index is 4.54. The van der Waals surface area contributed by atoms with Crippen LogP contribution in [0.5, 0.6) is 0 Å². The van der Waals surface area contributed by atoms with Crippen molar-refractivity contribution in [1.82, 2.24) is 9.97 Å². The lowest BCUT2D eigenvalue weighted by Gasteiger charge is -2.18. The van der Waals surface area contributed by atoms with Gasteiger partial charge in [-0.15, -0.1) is 0 Å². The third-order valence-electron chi connectivity index (χ3n) is 3.67. The highest BCUT2D eigenvalue weighted by Crippen LogP contribution is 2.25. The van der Waals surface area contributed by atoms with Gasteiger partial charge in [-0.05, 0) is 39.0 Å². The van der Waals surface area contributed by atoms with Gasteiger partial charge in [-0.3, -0.25) is 4.98 Å². The number of anilines is 1. The highest BCUT2D eigenvalue weighted by molar-refractivity contribution is 5.40. The first kappa shape index (κ1) is 12.3. The van der Waals surface area contributed by atoms with Crippen LogP contribution in [0, 0.1) is 19.8 Å². The Morgan fingerprint density at radius 1 is 1.18 bits per heavy atom. The average molecular weight is 233 g/mol. The van der Waals surface area contributed by atoms with Gasteiger partial charge in [0.25, 0.3) is 0 Å². The monoisotopic (exact) mass is 233 g/mol. The van der Waals surface area contributed by atoms with E-state index in [2.05, 4.69) is 22.2 Å². The fraction of sp³-hybridized carbons (Fsp3) is 0.714. The van der Waals surface area contributed by atoms with E-state index in [1.54, 1.807) is 0 Å². The van der Waals surface area contributed by atoms with Gasteiger partial charge in [-0.25, -0.2) is 4.98 Å². The van der Waals surface area contributed by atoms with Crippen molar-refractivity contribution in [2.24, 2.45) is 5.92 Å². The normalized spacial score (nSPS) is 25.4. The second-order valence-corrected chi connectivity index (χ2v) is 5.40. The molecule has 17 heavy (non-hydrogen) atoms. The summed E-state index contributed by atoms with van der Waals surface area (Å²) in [6.07, 6.45) is 8.38. The van der Waals surface area contributed by atoms with E-state index in [9.17, 15) is 0 Å². The lowest BCUT2D eigenvalue weighted by molar-refractivity contribution is 0.501. The molecular formula is C14H23N3. The first-order valence-electron chi connectivity index (χ1n) is 6.72. The van der Waals surface area contributed by atoms with Crippen LogP contribution in [0.2, 0.25) is 0 Å². The Hall–Kier alpha value is -1.12. The molecule has 1 aromatic rings. The second kappa shape index (κ2) is 5.48. The summed E-state index contributed by atoms with van der Waals surface area (Å²) < 4.78 is 0. The van der Waals surface area contributed by atoms with E-state index in [0.717, 1.165) is 23.1 Å². The van der Waals surface area contributed by atoms with E-state index in [0.29, 0.717) is 6.04 Å². The fourth-order valence-electron chi connectivity index (χ4n) is 2.50. The minimum Gasteiger partial charge on any atom is -0.366 e. The van der Waals surface area contributed by atoms with Crippen LogP contribution in [0.25, 0.3) is 0 Å². The minimum atomic E-state index is 0.578. The third-order valence-corrected chi connectivity index (χ3v) is 3.67. The molecule has 1 aromatic heterocycles. The molecule has 0 aliphatic heterocycles. The van der Waals surface area contributed by atoms with Crippen molar-refractivity contribution in [1.29, 1.82) is 0 Å². The Bertz CT molecular complexity index is 376. The highest BCUT2D eigenvalue weighted by Gasteiger charge is 2.17. The molecule has 0 amide bonds. The molecule has 3 nitrogen and oxygen atoms in total. The van der Waals surface area contributed by atoms with Crippen LogP contribution in [-0.4, -0.2) is 16.0 Å². The van der Waals surface area contributed by atoms with E-state index in [-0.39, 0.29) is 0 Å². The van der Waals surface area contributed by atoms with Crippen LogP contribution in [0.3, 0.4) is 0 Å². The highest BCUT2D eigenvalue weighted by atomic mass is 15.0. The van der Waals surface area contributed by atoms with Gasteiger partial charge >= 0.3 is 0 Å². The van der Waals surface area contributed by atoms with Gasteiger partial charge in [0.1, 0.15) is 5.82 Å². The number of hydrogen-bond acceptors (Lipinski definition) is 3. The standard InChI is InChI=1S/C14H23N3/c1-10-5-4-6-13(8-7-10)17-14-12(3)15-9-11(2)16-14/h9-10,13H,4-8H2,1-3H3,(H,16,17). The summed E-state index contributed by atoms with van der Waals surface area (Å²) in [6, 6.07) is 0.578. The van der Waals surface area contributed by atoms with Crippen LogP contribution in [0.1, 0.15) is 50.4 Å². The topological polar surface area (TPSA) is 37.8 Å². The van der Waals surface area contributed by atoms with Gasteiger partial charge in [0.15, 0.2) is 0 Å². The first-order chi connectivity index (χ1) is 8.15. The van der Waals surface area contributed by atoms with Crippen LogP contribution in [-0.2, 0) is 0 Å². The molecular weight excluding hydrogens is 210 g/mol. The molecule has 1 aliphatic carbocycles. The number of nitrogens with zero attached hydrogens (tertiary/aromatic N) is 2. The number of aromatic nitrogens is 2. The Labute approximate surface area is 104 Å². The van der Waals surface area contributed by atoms with Crippen molar-refractivity contribution in [2.45, 2.75) is 58.9 Å². The zero-order valence-corrected chi connectivity index (χ0v) is 11.2. The Morgan fingerprint density at radius 3 is 2.82 bits per heavy atom. The molecule has 1 heterocycles. The number of aryl methyl sites for hydroxylation is 2. The van der Waals surface area contributed by atoms with Gasteiger partial charge in [-0.1, -0.05) is 19.8 Å². The van der Waals surface area contributed by atoms with Crippen molar-refractivity contribution >= 4 is 5.82 Å². The summed E-state index contributed by atoms with van der Waals surface area (Å²) in [5.41, 5.74) is 1.99. The van der Waals surface area contributed by atoms with E-state index in [1.165, 1.54) is 32.1 Å². The van der Waals surface area contributed by atoms with Crippen LogP contribution < -0.4 is 5.32 Å². The molecule has 1 fully saturated rings. The molecule has 1 N–H and O–H groups in total. The summed E-state index contributed by atoms with van der Waals surface area (Å²) in [5.74, 6) is 1.86. The van der Waals surface area contributed by atoms with Gasteiger partial charge in [0, 0.05) is 12.2 Å². The average Bonchev–Trinajstić information content (AvgIpc) is 2.49. The summed E-state index contributed by atoms with van der Waals surface area (Å²) >= 11 is 0. The van der Waals surface area contributed by atoms with Crippen LogP contribution >= 0.6 is 0 Å². The van der Waals surface area contributed by atoms with Crippen molar-refractivity contribution in [2.75, 3.05) is 5.32 Å². The molecule has 2 unspecified atom stereocenters. The fourth-order valence-corrected chi connectivity index (χ4v) is 2.50. The molecule has 0 radical (unpaired) electrons. The molecule has 2 atom stereocenters. The van der Waals surface area contributed by atoms with E-state index in [1.807, 2.05) is 20.0 Å². The van der Waals surface area contributed by atoms with Gasteiger partial charge in [0.05, 0.1) is 11.4 Å². The molecule has 0 aromatic carbocycles. The van der Waals surface area contributed by atoms with Crippen molar-refractivity contribution in [3.63, 3.8) is 0 Å². The Balaban J connectivity index is 2.02. The number of hydrogen-bond donors (Lipinski definition) is 1. The predicted octanol–water partition coefficient (Wildman–Crippen LogP) is 3.47. The maximum absolute atomic E-state index is 4.54. The molecule has 1 saturated carbocycles. The van der Waals surface area contributed by atoms with Gasteiger partial charge < -0.3 is 5.32 Å². The molecule has 3 heteroatoms. The van der Waals surface area contributed by atoms with E-state index >= 15 is 0 Å². The van der Waals surface area contributed by atoms with Crippen molar-refractivity contribution in [3.05, 3.63) is 17.6 Å². The number of nitrogens with one attached hydrogen (secondary N) is 1. The molecule has 0 bridgehead atoms. The lowest BCUT2D eigenvalue weighted by atomic mass is 10.0. The van der Waals surface area contributed by atoms with Gasteiger partial charge in [0.2, 0.25) is 0 Å². The molecule has 1 aliphatic rings. The summed E-state index contributed by atoms with van der Waals surface area (Å²) in [7, 11) is 0. The first-order valence-corrected chi connectivity index (χ1v) is 6.72. The quantitative estimate of drug-likeness (QED) is 0.795. The minimum absolute atomic E-state index is 0.578. The summed E-state index contributed by atoms with van der Waals surface area (Å²) in [6.45, 7) is 6.38. The summed E-state index contributed by atoms with van der Waals surface area (Å²) in [5, 5.41) is 3.58. The third kappa shape index (κ3) is 3.42. The Morgan fingerprint density at radius 2 is 2.00 bits per heavy atom. The summed E-state index contributed by atoms with van der Waals surface area (Å²) in [4.78, 5) is 8.90. The Kier molecular flexibility index (Phi) is 3.97. The maximum Gasteiger partial charge on any atom is 0.147 e. The molecule has 2 rings (SSSR count). The SMILES string of the molecule is Cc1cnc(C)c(NC2CCCC(C)CC2)n1. The van der Waals surface area contributed by atoms with Crippen LogP contribution in [0.15, 0.2) is 6.20 Å². The van der Waals surface area contributed by atoms with Crippen molar-refractivity contribution in [3.8, 4) is 0 Å². The predicted molar refractivity (Wildman–Crippen MR) is 71.2 cm³/mol. The largest absolute Gasteiger partial charge is 0.366 e. The molecule has 0 saturated heterocycles. The number of rotatable bonds is 2. The van der Waals surface area contributed by atoms with E-state index < -0.39 is 0 Å². The van der Waals surface area contributed by atoms with Crippen LogP contribution in [0.4, 0.5) is 5.82 Å². The lowest BCUT2D eigenvalue weighted by Crippen LogP contribution is -2.20. The van der Waals surface area contributed by atoms with Crippen molar-refractivity contribution < 1.29 is 0 Å². The smallest absolute Gasteiger partial charge is 0.147 e. The molecule has 94 valence electrons. The van der Waals surface area contributed by atoms with Gasteiger partial charge in [-0.2, -0.15) is 0 Å². The van der Waals surface area contributed by atoms with E-state index in [4.69, 9.17) is 0 Å². The zero-order chi connectivity index (χ0) is 12.3.